The molecule has 6 nitrogen and oxygen atoms in total. The first-order valence-electron chi connectivity index (χ1n) is 8.65. The summed E-state index contributed by atoms with van der Waals surface area (Å²) < 4.78 is 8.08. The van der Waals surface area contributed by atoms with Crippen molar-refractivity contribution in [3.05, 3.63) is 74.9 Å². The molecule has 0 saturated carbocycles. The van der Waals surface area contributed by atoms with E-state index in [1.807, 2.05) is 30.3 Å². The van der Waals surface area contributed by atoms with Gasteiger partial charge in [-0.25, -0.2) is 0 Å². The number of aromatic nitrogens is 1. The fourth-order valence-electron chi connectivity index (χ4n) is 3.92. The van der Waals surface area contributed by atoms with Gasteiger partial charge in [0.1, 0.15) is 11.2 Å². The molecule has 0 aliphatic heterocycles. The van der Waals surface area contributed by atoms with Crippen molar-refractivity contribution in [3.63, 3.8) is 0 Å². The van der Waals surface area contributed by atoms with E-state index in [2.05, 4.69) is 11.5 Å². The Morgan fingerprint density at radius 2 is 1.74 bits per heavy atom. The van der Waals surface area contributed by atoms with Crippen LogP contribution in [0.25, 0.3) is 43.7 Å². The van der Waals surface area contributed by atoms with E-state index in [0.717, 1.165) is 28.4 Å². The maximum absolute atomic E-state index is 13.3. The molecule has 0 atom stereocenters. The second kappa shape index (κ2) is 5.41. The van der Waals surface area contributed by atoms with Gasteiger partial charge in [0.2, 0.25) is 5.43 Å². The van der Waals surface area contributed by atoms with Crippen LogP contribution in [0, 0.1) is 10.1 Å². The Kier molecular flexibility index (Phi) is 3.12. The monoisotopic (exact) mass is 358 g/mol. The van der Waals surface area contributed by atoms with E-state index in [4.69, 9.17) is 4.42 Å². The van der Waals surface area contributed by atoms with Crippen molar-refractivity contribution >= 4 is 49.4 Å². The Balaban J connectivity index is 2.06. The van der Waals surface area contributed by atoms with Crippen LogP contribution < -0.4 is 5.43 Å². The zero-order chi connectivity index (χ0) is 18.7. The molecular weight excluding hydrogens is 344 g/mol. The molecule has 2 heterocycles. The average Bonchev–Trinajstić information content (AvgIpc) is 3.01. The van der Waals surface area contributed by atoms with Crippen molar-refractivity contribution in [2.75, 3.05) is 0 Å². The van der Waals surface area contributed by atoms with E-state index in [-0.39, 0.29) is 16.5 Å². The molecule has 0 N–H and O–H groups in total. The van der Waals surface area contributed by atoms with Gasteiger partial charge in [-0.3, -0.25) is 14.9 Å². The van der Waals surface area contributed by atoms with Gasteiger partial charge in [-0.2, -0.15) is 0 Å². The standard InChI is InChI=1S/C21H14N2O4/c1-2-22-15-6-4-3-5-13(15)19-16(22)8-10-18-20(19)21(24)14-11-12(23(25)26)7-9-17(14)27-18/h3-11H,2H2,1H3. The number of benzene rings is 3. The lowest BCUT2D eigenvalue weighted by atomic mass is 10.1. The number of hydrogen-bond donors (Lipinski definition) is 0. The molecule has 27 heavy (non-hydrogen) atoms. The summed E-state index contributed by atoms with van der Waals surface area (Å²) in [4.78, 5) is 23.9. The molecular formula is C21H14N2O4. The Morgan fingerprint density at radius 3 is 2.52 bits per heavy atom. The van der Waals surface area contributed by atoms with Gasteiger partial charge in [-0.1, -0.05) is 18.2 Å². The molecule has 0 aliphatic rings. The number of nitro groups is 1. The number of hydrogen-bond acceptors (Lipinski definition) is 4. The third kappa shape index (κ3) is 2.04. The van der Waals surface area contributed by atoms with E-state index in [1.165, 1.54) is 18.2 Å². The summed E-state index contributed by atoms with van der Waals surface area (Å²) in [5, 5.41) is 13.6. The van der Waals surface area contributed by atoms with Crippen LogP contribution in [0.4, 0.5) is 5.69 Å². The number of non-ortho nitro benzene ring substituents is 1. The lowest BCUT2D eigenvalue weighted by molar-refractivity contribution is -0.384. The van der Waals surface area contributed by atoms with Crippen molar-refractivity contribution in [1.82, 2.24) is 4.57 Å². The molecule has 0 bridgehead atoms. The normalized spacial score (nSPS) is 11.7. The number of aryl methyl sites for hydroxylation is 1. The van der Waals surface area contributed by atoms with Gasteiger partial charge in [0, 0.05) is 35.0 Å². The van der Waals surface area contributed by atoms with Gasteiger partial charge < -0.3 is 8.98 Å². The Hall–Kier alpha value is -3.67. The van der Waals surface area contributed by atoms with Gasteiger partial charge in [0.15, 0.2) is 0 Å². The third-order valence-corrected chi connectivity index (χ3v) is 5.08. The van der Waals surface area contributed by atoms with E-state index >= 15 is 0 Å². The van der Waals surface area contributed by atoms with Gasteiger partial charge in [-0.05, 0) is 31.2 Å². The predicted molar refractivity (Wildman–Crippen MR) is 105 cm³/mol. The quantitative estimate of drug-likeness (QED) is 0.253. The molecule has 132 valence electrons. The fraction of sp³-hybridized carbons (Fsp3) is 0.0952. The molecule has 2 aromatic heterocycles. The highest BCUT2D eigenvalue weighted by Gasteiger charge is 2.18. The summed E-state index contributed by atoms with van der Waals surface area (Å²) in [6, 6.07) is 15.8. The molecule has 0 saturated heterocycles. The van der Waals surface area contributed by atoms with Crippen LogP contribution in [0.3, 0.4) is 0 Å². The van der Waals surface area contributed by atoms with Gasteiger partial charge in [0.25, 0.3) is 5.69 Å². The van der Waals surface area contributed by atoms with E-state index in [1.54, 1.807) is 6.07 Å². The van der Waals surface area contributed by atoms with E-state index in [9.17, 15) is 14.9 Å². The van der Waals surface area contributed by atoms with Crippen LogP contribution in [-0.4, -0.2) is 9.49 Å². The van der Waals surface area contributed by atoms with Crippen LogP contribution in [-0.2, 0) is 6.54 Å². The van der Waals surface area contributed by atoms with E-state index < -0.39 is 4.92 Å². The van der Waals surface area contributed by atoms with E-state index in [0.29, 0.717) is 16.6 Å². The summed E-state index contributed by atoms with van der Waals surface area (Å²) in [5.74, 6) is 0. The minimum Gasteiger partial charge on any atom is -0.456 e. The predicted octanol–water partition coefficient (Wildman–Crippen LogP) is 4.98. The third-order valence-electron chi connectivity index (χ3n) is 5.08. The molecule has 0 amide bonds. The molecule has 0 spiro atoms. The van der Waals surface area contributed by atoms with Crippen LogP contribution in [0.5, 0.6) is 0 Å². The van der Waals surface area contributed by atoms with Crippen LogP contribution in [0.1, 0.15) is 6.92 Å². The average molecular weight is 358 g/mol. The minimum atomic E-state index is -0.507. The molecule has 3 aromatic carbocycles. The summed E-state index contributed by atoms with van der Waals surface area (Å²) in [5.41, 5.74) is 2.44. The fourth-order valence-corrected chi connectivity index (χ4v) is 3.92. The van der Waals surface area contributed by atoms with Crippen molar-refractivity contribution in [1.29, 1.82) is 0 Å². The Bertz CT molecular complexity index is 1460. The van der Waals surface area contributed by atoms with Gasteiger partial charge in [-0.15, -0.1) is 0 Å². The number of nitrogens with zero attached hydrogens (tertiary/aromatic N) is 2. The number of fused-ring (bicyclic) bond motifs is 6. The zero-order valence-electron chi connectivity index (χ0n) is 14.4. The first-order valence-corrected chi connectivity index (χ1v) is 8.65. The maximum Gasteiger partial charge on any atom is 0.270 e. The van der Waals surface area contributed by atoms with Crippen LogP contribution in [0.15, 0.2) is 63.8 Å². The Labute approximate surface area is 152 Å². The highest BCUT2D eigenvalue weighted by atomic mass is 16.6. The maximum atomic E-state index is 13.3. The molecule has 0 fully saturated rings. The number of nitro benzene ring substituents is 1. The molecule has 0 radical (unpaired) electrons. The summed E-state index contributed by atoms with van der Waals surface area (Å²) in [7, 11) is 0. The second-order valence-corrected chi connectivity index (χ2v) is 6.46. The molecule has 0 aliphatic carbocycles. The molecule has 0 unspecified atom stereocenters. The van der Waals surface area contributed by atoms with Crippen molar-refractivity contribution in [2.24, 2.45) is 0 Å². The smallest absolute Gasteiger partial charge is 0.270 e. The summed E-state index contributed by atoms with van der Waals surface area (Å²) in [6.07, 6.45) is 0. The molecule has 5 aromatic rings. The van der Waals surface area contributed by atoms with Crippen LogP contribution in [0.2, 0.25) is 0 Å². The van der Waals surface area contributed by atoms with Crippen molar-refractivity contribution in [3.8, 4) is 0 Å². The first-order chi connectivity index (χ1) is 13.1. The van der Waals surface area contributed by atoms with Crippen LogP contribution >= 0.6 is 0 Å². The summed E-state index contributed by atoms with van der Waals surface area (Å²) in [6.45, 7) is 2.82. The highest BCUT2D eigenvalue weighted by Crippen LogP contribution is 2.34. The highest BCUT2D eigenvalue weighted by molar-refractivity contribution is 6.20. The SMILES string of the molecule is CCn1c2ccccc2c2c3c(=O)c4cc([N+](=O)[O-])ccc4oc3ccc21. The summed E-state index contributed by atoms with van der Waals surface area (Å²) >= 11 is 0. The van der Waals surface area contributed by atoms with Gasteiger partial charge >= 0.3 is 0 Å². The first kappa shape index (κ1) is 15.6. The van der Waals surface area contributed by atoms with Crippen molar-refractivity contribution in [2.45, 2.75) is 13.5 Å². The van der Waals surface area contributed by atoms with Gasteiger partial charge in [0.05, 0.1) is 21.2 Å². The second-order valence-electron chi connectivity index (χ2n) is 6.46. The minimum absolute atomic E-state index is 0.127. The molecule has 6 heteroatoms. The lowest BCUT2D eigenvalue weighted by Gasteiger charge is -2.05. The Morgan fingerprint density at radius 1 is 0.963 bits per heavy atom. The largest absolute Gasteiger partial charge is 0.456 e. The lowest BCUT2D eigenvalue weighted by Crippen LogP contribution is -2.03. The number of para-hydroxylation sites is 1. The number of rotatable bonds is 2. The topological polar surface area (TPSA) is 78.3 Å². The van der Waals surface area contributed by atoms with Crippen molar-refractivity contribution < 1.29 is 9.34 Å². The zero-order valence-corrected chi connectivity index (χ0v) is 14.4. The molecule has 5 rings (SSSR count).